The van der Waals surface area contributed by atoms with E-state index in [0.29, 0.717) is 29.6 Å². The molecule has 0 atom stereocenters. The van der Waals surface area contributed by atoms with Crippen LogP contribution in [-0.2, 0) is 4.79 Å². The highest BCUT2D eigenvalue weighted by molar-refractivity contribution is 7.80. The van der Waals surface area contributed by atoms with E-state index < -0.39 is 0 Å². The first-order valence-corrected chi connectivity index (χ1v) is 8.38. The van der Waals surface area contributed by atoms with Gasteiger partial charge in [-0.1, -0.05) is 29.8 Å². The summed E-state index contributed by atoms with van der Waals surface area (Å²) in [7, 11) is 0. The number of nitrogens with one attached hydrogen (secondary N) is 2. The van der Waals surface area contributed by atoms with E-state index in [4.69, 9.17) is 28.6 Å². The van der Waals surface area contributed by atoms with Gasteiger partial charge in [-0.25, -0.2) is 0 Å². The fourth-order valence-corrected chi connectivity index (χ4v) is 2.36. The lowest BCUT2D eigenvalue weighted by Crippen LogP contribution is -2.34. The Morgan fingerprint density at radius 2 is 1.88 bits per heavy atom. The van der Waals surface area contributed by atoms with Crippen LogP contribution in [0.25, 0.3) is 0 Å². The Balaban J connectivity index is 1.66. The van der Waals surface area contributed by atoms with E-state index in [2.05, 4.69) is 10.6 Å². The Morgan fingerprint density at radius 3 is 2.58 bits per heavy atom. The fourth-order valence-electron chi connectivity index (χ4n) is 2.01. The first kappa shape index (κ1) is 18.2. The quantitative estimate of drug-likeness (QED) is 0.593. The molecular weight excluding hydrogens is 344 g/mol. The van der Waals surface area contributed by atoms with Crippen molar-refractivity contribution in [3.8, 4) is 5.75 Å². The van der Waals surface area contributed by atoms with Crippen molar-refractivity contribution in [3.05, 3.63) is 59.1 Å². The molecule has 0 fully saturated rings. The van der Waals surface area contributed by atoms with Crippen LogP contribution in [0.3, 0.4) is 0 Å². The number of halogens is 1. The normalized spacial score (nSPS) is 10.1. The SMILES string of the molecule is Cc1ccccc1NC(=S)NC(=O)CCCOc1ccc(Cl)cc1. The first-order valence-electron chi connectivity index (χ1n) is 7.59. The van der Waals surface area contributed by atoms with E-state index in [1.54, 1.807) is 24.3 Å². The molecule has 0 spiro atoms. The van der Waals surface area contributed by atoms with Crippen molar-refractivity contribution < 1.29 is 9.53 Å². The molecule has 0 saturated heterocycles. The highest BCUT2D eigenvalue weighted by atomic mass is 35.5. The third-order valence-electron chi connectivity index (χ3n) is 3.28. The molecule has 4 nitrogen and oxygen atoms in total. The zero-order valence-electron chi connectivity index (χ0n) is 13.3. The van der Waals surface area contributed by atoms with Gasteiger partial charge in [-0.3, -0.25) is 4.79 Å². The van der Waals surface area contributed by atoms with Crippen LogP contribution < -0.4 is 15.4 Å². The van der Waals surface area contributed by atoms with Crippen LogP contribution in [0.5, 0.6) is 5.75 Å². The molecule has 2 aromatic rings. The second-order valence-electron chi connectivity index (χ2n) is 5.22. The standard InChI is InChI=1S/C18H19ClN2O2S/c1-13-5-2-3-6-16(13)20-18(24)21-17(22)7-4-12-23-15-10-8-14(19)9-11-15/h2-3,5-6,8-11H,4,7,12H2,1H3,(H2,20,21,22,24). The second kappa shape index (κ2) is 9.25. The Morgan fingerprint density at radius 1 is 1.17 bits per heavy atom. The molecule has 0 unspecified atom stereocenters. The molecule has 0 radical (unpaired) electrons. The molecule has 2 aromatic carbocycles. The van der Waals surface area contributed by atoms with Gasteiger partial charge < -0.3 is 15.4 Å². The van der Waals surface area contributed by atoms with E-state index in [1.165, 1.54) is 0 Å². The number of ether oxygens (including phenoxy) is 1. The number of carbonyl (C=O) groups excluding carboxylic acids is 1. The lowest BCUT2D eigenvalue weighted by Gasteiger charge is -2.11. The summed E-state index contributed by atoms with van der Waals surface area (Å²) in [6.07, 6.45) is 0.935. The zero-order chi connectivity index (χ0) is 17.4. The van der Waals surface area contributed by atoms with Crippen molar-refractivity contribution in [3.63, 3.8) is 0 Å². The molecule has 6 heteroatoms. The van der Waals surface area contributed by atoms with Gasteiger partial charge in [-0.2, -0.15) is 0 Å². The topological polar surface area (TPSA) is 50.4 Å². The minimum absolute atomic E-state index is 0.138. The van der Waals surface area contributed by atoms with Gasteiger partial charge in [0.2, 0.25) is 5.91 Å². The number of hydrogen-bond donors (Lipinski definition) is 2. The van der Waals surface area contributed by atoms with Crippen molar-refractivity contribution in [2.45, 2.75) is 19.8 Å². The van der Waals surface area contributed by atoms with Crippen LogP contribution in [0.15, 0.2) is 48.5 Å². The number of hydrogen-bond acceptors (Lipinski definition) is 3. The molecule has 0 aliphatic heterocycles. The lowest BCUT2D eigenvalue weighted by atomic mass is 10.2. The maximum atomic E-state index is 11.9. The molecule has 0 aliphatic carbocycles. The molecule has 2 N–H and O–H groups in total. The minimum Gasteiger partial charge on any atom is -0.494 e. The monoisotopic (exact) mass is 362 g/mol. The Kier molecular flexibility index (Phi) is 7.03. The third-order valence-corrected chi connectivity index (χ3v) is 3.73. The summed E-state index contributed by atoms with van der Waals surface area (Å²) in [5, 5.41) is 6.65. The van der Waals surface area contributed by atoms with E-state index >= 15 is 0 Å². The van der Waals surface area contributed by atoms with E-state index in [9.17, 15) is 4.79 Å². The number of thiocarbonyl (C=S) groups is 1. The van der Waals surface area contributed by atoms with Crippen molar-refractivity contribution in [1.82, 2.24) is 5.32 Å². The molecule has 0 aliphatic rings. The van der Waals surface area contributed by atoms with Crippen molar-refractivity contribution >= 4 is 40.5 Å². The fraction of sp³-hybridized carbons (Fsp3) is 0.222. The molecule has 24 heavy (non-hydrogen) atoms. The highest BCUT2D eigenvalue weighted by Gasteiger charge is 2.06. The Labute approximate surface area is 152 Å². The molecule has 2 rings (SSSR count). The maximum Gasteiger partial charge on any atom is 0.226 e. The predicted molar refractivity (Wildman–Crippen MR) is 102 cm³/mol. The van der Waals surface area contributed by atoms with Gasteiger partial charge in [-0.05, 0) is 61.5 Å². The van der Waals surface area contributed by atoms with Crippen molar-refractivity contribution in [1.29, 1.82) is 0 Å². The van der Waals surface area contributed by atoms with Gasteiger partial charge in [0.05, 0.1) is 6.61 Å². The van der Waals surface area contributed by atoms with Gasteiger partial charge in [0.15, 0.2) is 5.11 Å². The van der Waals surface area contributed by atoms with Gasteiger partial charge >= 0.3 is 0 Å². The number of para-hydroxylation sites is 1. The van der Waals surface area contributed by atoms with Crippen LogP contribution in [-0.4, -0.2) is 17.6 Å². The summed E-state index contributed by atoms with van der Waals surface area (Å²) >= 11 is 11.0. The molecule has 0 heterocycles. The van der Waals surface area contributed by atoms with Crippen LogP contribution >= 0.6 is 23.8 Å². The number of benzene rings is 2. The number of rotatable bonds is 6. The first-order chi connectivity index (χ1) is 11.5. The largest absolute Gasteiger partial charge is 0.494 e. The lowest BCUT2D eigenvalue weighted by molar-refractivity contribution is -0.119. The van der Waals surface area contributed by atoms with Crippen LogP contribution in [0.4, 0.5) is 5.69 Å². The average molecular weight is 363 g/mol. The van der Waals surface area contributed by atoms with Crippen LogP contribution in [0.1, 0.15) is 18.4 Å². The van der Waals surface area contributed by atoms with Crippen LogP contribution in [0, 0.1) is 6.92 Å². The average Bonchev–Trinajstić information content (AvgIpc) is 2.55. The van der Waals surface area contributed by atoms with Gasteiger partial charge in [0, 0.05) is 17.1 Å². The number of amides is 1. The molecule has 0 saturated carbocycles. The summed E-state index contributed by atoms with van der Waals surface area (Å²) < 4.78 is 5.54. The summed E-state index contributed by atoms with van der Waals surface area (Å²) in [5.41, 5.74) is 1.94. The van der Waals surface area contributed by atoms with Gasteiger partial charge in [0.25, 0.3) is 0 Å². The van der Waals surface area contributed by atoms with Crippen molar-refractivity contribution in [2.24, 2.45) is 0 Å². The number of carbonyl (C=O) groups is 1. The summed E-state index contributed by atoms with van der Waals surface area (Å²) in [6.45, 7) is 2.42. The molecule has 1 amide bonds. The minimum atomic E-state index is -0.138. The van der Waals surface area contributed by atoms with Crippen LogP contribution in [0.2, 0.25) is 5.02 Å². The maximum absolute atomic E-state index is 11.9. The Hall–Kier alpha value is -2.11. The number of aryl methyl sites for hydroxylation is 1. The predicted octanol–water partition coefficient (Wildman–Crippen LogP) is 4.32. The summed E-state index contributed by atoms with van der Waals surface area (Å²) in [4.78, 5) is 11.9. The molecular formula is C18H19ClN2O2S. The molecule has 0 aromatic heterocycles. The summed E-state index contributed by atoms with van der Waals surface area (Å²) in [5.74, 6) is 0.595. The molecule has 0 bridgehead atoms. The van der Waals surface area contributed by atoms with Gasteiger partial charge in [-0.15, -0.1) is 0 Å². The van der Waals surface area contributed by atoms with E-state index in [0.717, 1.165) is 17.0 Å². The highest BCUT2D eigenvalue weighted by Crippen LogP contribution is 2.16. The number of anilines is 1. The summed E-state index contributed by atoms with van der Waals surface area (Å²) in [6, 6.07) is 14.9. The zero-order valence-corrected chi connectivity index (χ0v) is 14.9. The van der Waals surface area contributed by atoms with E-state index in [1.807, 2.05) is 31.2 Å². The molecule has 126 valence electrons. The third kappa shape index (κ3) is 6.18. The van der Waals surface area contributed by atoms with E-state index in [-0.39, 0.29) is 5.91 Å². The second-order valence-corrected chi connectivity index (χ2v) is 6.07. The van der Waals surface area contributed by atoms with Gasteiger partial charge in [0.1, 0.15) is 5.75 Å². The smallest absolute Gasteiger partial charge is 0.226 e. The Bertz CT molecular complexity index is 704. The van der Waals surface area contributed by atoms with Crippen molar-refractivity contribution in [2.75, 3.05) is 11.9 Å².